The maximum Gasteiger partial charge on any atom is 0.405 e. The van der Waals surface area contributed by atoms with Gasteiger partial charge in [0.1, 0.15) is 0 Å². The Labute approximate surface area is 88.6 Å². The lowest BCUT2D eigenvalue weighted by molar-refractivity contribution is -0.254. The van der Waals surface area contributed by atoms with Crippen LogP contribution >= 0.6 is 0 Å². The van der Waals surface area contributed by atoms with E-state index in [2.05, 4.69) is 4.84 Å². The van der Waals surface area contributed by atoms with Gasteiger partial charge < -0.3 is 14.7 Å². The fourth-order valence-corrected chi connectivity index (χ4v) is 1.49. The number of benzene rings is 1. The zero-order chi connectivity index (χ0) is 11.7. The molecule has 2 aromatic rings. The predicted octanol–water partition coefficient (Wildman–Crippen LogP) is 0.656. The zero-order valence-corrected chi connectivity index (χ0v) is 7.89. The third-order valence-corrected chi connectivity index (χ3v) is 2.09. The number of fused-ring (bicyclic) bond motifs is 1. The van der Waals surface area contributed by atoms with Crippen molar-refractivity contribution in [2.24, 2.45) is 0 Å². The summed E-state index contributed by atoms with van der Waals surface area (Å²) in [4.78, 5) is 14.9. The molecule has 0 aliphatic heterocycles. The van der Waals surface area contributed by atoms with Gasteiger partial charge in [0.15, 0.2) is 0 Å². The number of para-hydroxylation sites is 1. The van der Waals surface area contributed by atoms with E-state index in [0.29, 0.717) is 5.39 Å². The van der Waals surface area contributed by atoms with Gasteiger partial charge in [-0.3, -0.25) is 0 Å². The Bertz CT molecular complexity index is 536. The number of carbonyl (C=O) groups is 1. The molecule has 0 atom stereocenters. The summed E-state index contributed by atoms with van der Waals surface area (Å²) in [6.07, 6.45) is 0.964. The van der Waals surface area contributed by atoms with E-state index >= 15 is 0 Å². The molecule has 6 heteroatoms. The van der Waals surface area contributed by atoms with Gasteiger partial charge in [-0.2, -0.15) is 13.5 Å². The first-order valence-corrected chi connectivity index (χ1v) is 4.36. The van der Waals surface area contributed by atoms with Gasteiger partial charge in [0, 0.05) is 10.9 Å². The maximum absolute atomic E-state index is 12.1. The quantitative estimate of drug-likeness (QED) is 0.772. The van der Waals surface area contributed by atoms with E-state index in [1.165, 1.54) is 12.1 Å². The van der Waals surface area contributed by atoms with Gasteiger partial charge in [0.2, 0.25) is 0 Å². The number of aromatic carboxylic acids is 1. The Morgan fingerprint density at radius 1 is 1.38 bits per heavy atom. The summed E-state index contributed by atoms with van der Waals surface area (Å²) in [5.74, 6) is -1.44. The Kier molecular flexibility index (Phi) is 2.47. The second kappa shape index (κ2) is 3.80. The molecule has 4 nitrogen and oxygen atoms in total. The van der Waals surface area contributed by atoms with Crippen molar-refractivity contribution < 1.29 is 23.5 Å². The van der Waals surface area contributed by atoms with Crippen LogP contribution in [0.15, 0.2) is 30.5 Å². The van der Waals surface area contributed by atoms with E-state index in [1.807, 2.05) is 0 Å². The number of carbonyl (C=O) groups excluding carboxylic acids is 1. The predicted molar refractivity (Wildman–Crippen MR) is 48.9 cm³/mol. The van der Waals surface area contributed by atoms with Gasteiger partial charge in [-0.25, -0.2) is 0 Å². The average molecular weight is 226 g/mol. The van der Waals surface area contributed by atoms with Crippen LogP contribution in [0.3, 0.4) is 0 Å². The first-order chi connectivity index (χ1) is 7.59. The first-order valence-electron chi connectivity index (χ1n) is 4.36. The summed E-state index contributed by atoms with van der Waals surface area (Å²) in [7, 11) is 0. The van der Waals surface area contributed by atoms with E-state index in [0.717, 1.165) is 10.9 Å². The van der Waals surface area contributed by atoms with Gasteiger partial charge in [-0.15, -0.1) is 0 Å². The number of carboxylic acids is 1. The Balaban J connectivity index is 2.62. The van der Waals surface area contributed by atoms with Crippen LogP contribution in [-0.2, 0) is 0 Å². The summed E-state index contributed by atoms with van der Waals surface area (Å²) >= 11 is 0. The summed E-state index contributed by atoms with van der Waals surface area (Å²) < 4.78 is 24.8. The average Bonchev–Trinajstić information content (AvgIpc) is 2.57. The SMILES string of the molecule is O=C([O-])c1cn(OC(F)F)c2ccccc12. The smallest absolute Gasteiger partial charge is 0.405 e. The molecule has 0 saturated carbocycles. The Hall–Kier alpha value is -2.11. The highest BCUT2D eigenvalue weighted by atomic mass is 19.3. The molecule has 1 aromatic heterocycles. The lowest BCUT2D eigenvalue weighted by Gasteiger charge is -2.05. The van der Waals surface area contributed by atoms with Crippen LogP contribution in [0, 0.1) is 0 Å². The van der Waals surface area contributed by atoms with Crippen molar-refractivity contribution in [3.05, 3.63) is 36.0 Å². The van der Waals surface area contributed by atoms with Crippen molar-refractivity contribution in [1.82, 2.24) is 4.73 Å². The number of hydrogen-bond acceptors (Lipinski definition) is 3. The van der Waals surface area contributed by atoms with Crippen LogP contribution in [0.1, 0.15) is 10.4 Å². The number of nitrogens with zero attached hydrogens (tertiary/aromatic N) is 1. The molecule has 84 valence electrons. The summed E-state index contributed by atoms with van der Waals surface area (Å²) in [6, 6.07) is 6.16. The van der Waals surface area contributed by atoms with Crippen molar-refractivity contribution in [3.63, 3.8) is 0 Å². The van der Waals surface area contributed by atoms with Crippen LogP contribution in [0.2, 0.25) is 0 Å². The minimum absolute atomic E-state index is 0.184. The third-order valence-electron chi connectivity index (χ3n) is 2.09. The van der Waals surface area contributed by atoms with E-state index in [9.17, 15) is 18.7 Å². The van der Waals surface area contributed by atoms with Crippen LogP contribution in [0.4, 0.5) is 8.78 Å². The molecular formula is C10H6F2NO3-. The molecule has 16 heavy (non-hydrogen) atoms. The lowest BCUT2D eigenvalue weighted by Crippen LogP contribution is -2.22. The highest BCUT2D eigenvalue weighted by molar-refractivity contribution is 6.02. The first kappa shape index (κ1) is 10.4. The Morgan fingerprint density at radius 3 is 2.69 bits per heavy atom. The molecule has 0 fully saturated rings. The van der Waals surface area contributed by atoms with E-state index in [-0.39, 0.29) is 11.1 Å². The molecule has 1 aromatic carbocycles. The van der Waals surface area contributed by atoms with Crippen molar-refractivity contribution in [3.8, 4) is 0 Å². The number of aromatic nitrogens is 1. The number of halogens is 2. The zero-order valence-electron chi connectivity index (χ0n) is 7.89. The van der Waals surface area contributed by atoms with Crippen molar-refractivity contribution >= 4 is 16.9 Å². The van der Waals surface area contributed by atoms with E-state index in [4.69, 9.17) is 0 Å². The number of alkyl halides is 2. The van der Waals surface area contributed by atoms with Crippen LogP contribution in [0.25, 0.3) is 10.9 Å². The highest BCUT2D eigenvalue weighted by Crippen LogP contribution is 2.20. The van der Waals surface area contributed by atoms with Gasteiger partial charge in [-0.05, 0) is 6.07 Å². The molecular weight excluding hydrogens is 220 g/mol. The molecule has 0 aliphatic rings. The maximum atomic E-state index is 12.1. The fourth-order valence-electron chi connectivity index (χ4n) is 1.49. The number of carboxylic acid groups (broad SMARTS) is 1. The van der Waals surface area contributed by atoms with Gasteiger partial charge in [-0.1, -0.05) is 18.2 Å². The summed E-state index contributed by atoms with van der Waals surface area (Å²) in [6.45, 7) is -3.02. The molecule has 0 spiro atoms. The van der Waals surface area contributed by atoms with Crippen molar-refractivity contribution in [2.45, 2.75) is 6.61 Å². The van der Waals surface area contributed by atoms with Crippen molar-refractivity contribution in [1.29, 1.82) is 0 Å². The minimum Gasteiger partial charge on any atom is -0.545 e. The minimum atomic E-state index is -3.02. The van der Waals surface area contributed by atoms with E-state index < -0.39 is 12.6 Å². The highest BCUT2D eigenvalue weighted by Gasteiger charge is 2.12. The topological polar surface area (TPSA) is 54.3 Å². The molecule has 2 rings (SSSR count). The standard InChI is InChI=1S/C10H7F2NO3/c11-10(12)16-13-5-7(9(14)15)6-3-1-2-4-8(6)13/h1-5,10H,(H,14,15)/p-1. The molecule has 0 saturated heterocycles. The summed E-state index contributed by atoms with van der Waals surface area (Å²) in [5.41, 5.74) is 0.0678. The molecule has 1 heterocycles. The molecule has 0 bridgehead atoms. The molecule has 0 aliphatic carbocycles. The molecule has 0 N–H and O–H groups in total. The number of rotatable bonds is 3. The fraction of sp³-hybridized carbons (Fsp3) is 0.100. The van der Waals surface area contributed by atoms with Crippen molar-refractivity contribution in [2.75, 3.05) is 0 Å². The molecule has 0 unspecified atom stereocenters. The second-order valence-corrected chi connectivity index (χ2v) is 3.04. The van der Waals surface area contributed by atoms with Gasteiger partial charge >= 0.3 is 6.61 Å². The van der Waals surface area contributed by atoms with Crippen LogP contribution < -0.4 is 9.94 Å². The van der Waals surface area contributed by atoms with Gasteiger partial charge in [0.25, 0.3) is 0 Å². The second-order valence-electron chi connectivity index (χ2n) is 3.04. The number of hydrogen-bond donors (Lipinski definition) is 0. The largest absolute Gasteiger partial charge is 0.545 e. The van der Waals surface area contributed by atoms with Gasteiger partial charge in [0.05, 0.1) is 17.7 Å². The van der Waals surface area contributed by atoms with Crippen LogP contribution in [-0.4, -0.2) is 17.3 Å². The summed E-state index contributed by atoms with van der Waals surface area (Å²) in [5, 5.41) is 11.0. The Morgan fingerprint density at radius 2 is 2.06 bits per heavy atom. The molecule has 0 amide bonds. The van der Waals surface area contributed by atoms with E-state index in [1.54, 1.807) is 12.1 Å². The van der Waals surface area contributed by atoms with Crippen LogP contribution in [0.5, 0.6) is 0 Å². The molecule has 0 radical (unpaired) electrons. The normalized spacial score (nSPS) is 10.9. The third kappa shape index (κ3) is 1.69. The lowest BCUT2D eigenvalue weighted by atomic mass is 10.2. The monoisotopic (exact) mass is 226 g/mol.